The Hall–Kier alpha value is -3.31. The van der Waals surface area contributed by atoms with Crippen LogP contribution in [0.2, 0.25) is 10.0 Å². The van der Waals surface area contributed by atoms with E-state index in [1.165, 1.54) is 18.2 Å². The number of nitrogen functional groups attached to an aromatic ring is 1. The minimum atomic E-state index is -0.581. The van der Waals surface area contributed by atoms with Crippen LogP contribution in [0.5, 0.6) is 5.75 Å². The molecule has 0 saturated carbocycles. The molecule has 3 N–H and O–H groups in total. The van der Waals surface area contributed by atoms with E-state index in [9.17, 15) is 14.0 Å². The average molecular weight is 562 g/mol. The maximum absolute atomic E-state index is 13.8. The molecule has 4 rings (SSSR count). The first kappa shape index (κ1) is 27.7. The van der Waals surface area contributed by atoms with Gasteiger partial charge in [-0.05, 0) is 36.4 Å². The van der Waals surface area contributed by atoms with Crippen molar-refractivity contribution >= 4 is 46.8 Å². The molecular formula is C26H28Cl2FN6O3+. The van der Waals surface area contributed by atoms with Gasteiger partial charge < -0.3 is 10.5 Å². The highest BCUT2D eigenvalue weighted by molar-refractivity contribution is 6.36. The summed E-state index contributed by atoms with van der Waals surface area (Å²) in [6.07, 6.45) is 0.207. The molecule has 0 spiro atoms. The van der Waals surface area contributed by atoms with E-state index in [1.54, 1.807) is 24.3 Å². The fraction of sp³-hybridized carbons (Fsp3) is 0.308. The van der Waals surface area contributed by atoms with Crippen molar-refractivity contribution in [3.63, 3.8) is 0 Å². The van der Waals surface area contributed by atoms with Crippen LogP contribution in [0.15, 0.2) is 48.5 Å². The summed E-state index contributed by atoms with van der Waals surface area (Å²) in [5, 5.41) is 10.8. The Bertz CT molecular complexity index is 1320. The maximum atomic E-state index is 13.8. The molecule has 0 aliphatic carbocycles. The molecule has 2 heterocycles. The zero-order valence-corrected chi connectivity index (χ0v) is 22.3. The van der Waals surface area contributed by atoms with Crippen LogP contribution in [-0.4, -0.2) is 70.8 Å². The molecule has 0 unspecified atom stereocenters. The molecule has 0 radical (unpaired) electrons. The molecule has 3 amide bonds. The van der Waals surface area contributed by atoms with Gasteiger partial charge in [0.05, 0.1) is 17.2 Å². The van der Waals surface area contributed by atoms with E-state index in [4.69, 9.17) is 33.7 Å². The van der Waals surface area contributed by atoms with Crippen LogP contribution in [0.25, 0.3) is 0 Å². The van der Waals surface area contributed by atoms with E-state index < -0.39 is 16.3 Å². The predicted molar refractivity (Wildman–Crippen MR) is 144 cm³/mol. The summed E-state index contributed by atoms with van der Waals surface area (Å²) in [4.78, 5) is 29.4. The lowest BCUT2D eigenvalue weighted by Crippen LogP contribution is -2.66. The third-order valence-corrected chi connectivity index (χ3v) is 7.37. The van der Waals surface area contributed by atoms with Crippen LogP contribution in [-0.2, 0) is 6.42 Å². The third kappa shape index (κ3) is 5.88. The van der Waals surface area contributed by atoms with Crippen molar-refractivity contribution in [2.24, 2.45) is 0 Å². The van der Waals surface area contributed by atoms with E-state index in [2.05, 4.69) is 20.4 Å². The molecule has 12 heteroatoms. The van der Waals surface area contributed by atoms with Gasteiger partial charge >= 0.3 is 11.9 Å². The van der Waals surface area contributed by atoms with Gasteiger partial charge in [-0.15, -0.1) is 10.2 Å². The summed E-state index contributed by atoms with van der Waals surface area (Å²) < 4.78 is 19.1. The van der Waals surface area contributed by atoms with Gasteiger partial charge in [0.15, 0.2) is 17.4 Å². The number of likely N-dealkylation sites (N-methyl/N-ethyl adjacent to an activating group) is 1. The molecule has 1 aliphatic heterocycles. The predicted octanol–water partition coefficient (Wildman–Crippen LogP) is 4.65. The average Bonchev–Trinajstić information content (AvgIpc) is 2.94. The number of imide groups is 1. The van der Waals surface area contributed by atoms with Gasteiger partial charge in [0, 0.05) is 30.6 Å². The minimum Gasteiger partial charge on any atom is -0.489 e. The first-order chi connectivity index (χ1) is 18.2. The van der Waals surface area contributed by atoms with Crippen LogP contribution in [0, 0.1) is 5.82 Å². The minimum absolute atomic E-state index is 0.000235. The second-order valence-corrected chi connectivity index (χ2v) is 9.64. The maximum Gasteiger partial charge on any atom is 0.430 e. The van der Waals surface area contributed by atoms with Gasteiger partial charge in [0.2, 0.25) is 0 Å². The van der Waals surface area contributed by atoms with E-state index in [0.717, 1.165) is 6.54 Å². The van der Waals surface area contributed by atoms with E-state index in [0.29, 0.717) is 42.3 Å². The second kappa shape index (κ2) is 12.0. The fourth-order valence-corrected chi connectivity index (χ4v) is 4.89. The first-order valence-corrected chi connectivity index (χ1v) is 12.9. The number of hydrogen-bond acceptors (Lipinski definition) is 7. The number of carbonyl (C=O) groups is 2. The first-order valence-electron chi connectivity index (χ1n) is 12.1. The number of piperazine rings is 1. The SMILES string of the molecule is CCN1CC[N+](C(=O)Nc2cc(OCCc3c(Cl)ccc(F)c3Cl)c(N)nn2)(C(=O)c2ccccc2)CC1. The number of carbonyl (C=O) groups excluding carboxylic acids is 2. The number of quaternary nitrogens is 1. The molecule has 38 heavy (non-hydrogen) atoms. The molecule has 1 aliphatic rings. The summed E-state index contributed by atoms with van der Waals surface area (Å²) in [7, 11) is 0. The number of amides is 3. The molecule has 200 valence electrons. The van der Waals surface area contributed by atoms with Crippen molar-refractivity contribution in [1.29, 1.82) is 0 Å². The van der Waals surface area contributed by atoms with Gasteiger partial charge in [-0.3, -0.25) is 10.2 Å². The Balaban J connectivity index is 1.51. The lowest BCUT2D eigenvalue weighted by Gasteiger charge is -2.39. The molecule has 0 atom stereocenters. The smallest absolute Gasteiger partial charge is 0.430 e. The third-order valence-electron chi connectivity index (χ3n) is 6.61. The van der Waals surface area contributed by atoms with Gasteiger partial charge in [-0.25, -0.2) is 14.0 Å². The molecule has 3 aromatic rings. The van der Waals surface area contributed by atoms with Crippen LogP contribution in [0.4, 0.5) is 20.8 Å². The van der Waals surface area contributed by atoms with Crippen molar-refractivity contribution in [3.05, 3.63) is 75.5 Å². The molecule has 2 aromatic carbocycles. The van der Waals surface area contributed by atoms with Crippen molar-refractivity contribution in [2.45, 2.75) is 13.3 Å². The summed E-state index contributed by atoms with van der Waals surface area (Å²) in [6, 6.07) is 12.3. The number of nitrogens with one attached hydrogen (secondary N) is 1. The van der Waals surface area contributed by atoms with Crippen LogP contribution >= 0.6 is 23.2 Å². The van der Waals surface area contributed by atoms with Crippen LogP contribution in [0.3, 0.4) is 0 Å². The highest BCUT2D eigenvalue weighted by Crippen LogP contribution is 2.29. The summed E-state index contributed by atoms with van der Waals surface area (Å²) in [5.41, 5.74) is 6.78. The molecule has 0 bridgehead atoms. The highest BCUT2D eigenvalue weighted by atomic mass is 35.5. The molecule has 9 nitrogen and oxygen atoms in total. The van der Waals surface area contributed by atoms with Crippen molar-refractivity contribution in [2.75, 3.05) is 50.4 Å². The van der Waals surface area contributed by atoms with Gasteiger partial charge in [-0.1, -0.05) is 48.3 Å². The molecule has 1 saturated heterocycles. The highest BCUT2D eigenvalue weighted by Gasteiger charge is 2.48. The molecule has 1 aromatic heterocycles. The summed E-state index contributed by atoms with van der Waals surface area (Å²) >= 11 is 12.2. The standard InChI is InChI=1S/C26H27Cl2FN6O3/c1-2-34-11-13-35(14-12-34,25(36)17-6-4-3-5-7-17)26(37)31-22-16-21(24(30)33-32-22)38-15-10-18-19(27)8-9-20(29)23(18)28/h3-9,16H,2,10-15H2,1H3,(H2-,30,31,32,33,37)/p+1. The number of nitrogens with zero attached hydrogens (tertiary/aromatic N) is 4. The van der Waals surface area contributed by atoms with Crippen LogP contribution < -0.4 is 15.8 Å². The number of rotatable bonds is 7. The van der Waals surface area contributed by atoms with Gasteiger partial charge in [0.1, 0.15) is 18.9 Å². The summed E-state index contributed by atoms with van der Waals surface area (Å²) in [5.74, 6) is -0.626. The monoisotopic (exact) mass is 561 g/mol. The largest absolute Gasteiger partial charge is 0.489 e. The number of ether oxygens (including phenoxy) is 1. The second-order valence-electron chi connectivity index (χ2n) is 8.85. The Morgan fingerprint density at radius 3 is 2.53 bits per heavy atom. The number of aromatic nitrogens is 2. The van der Waals surface area contributed by atoms with Crippen molar-refractivity contribution in [3.8, 4) is 5.75 Å². The normalized spacial score (nSPS) is 15.2. The number of nitrogens with two attached hydrogens (primary N) is 1. The summed E-state index contributed by atoms with van der Waals surface area (Å²) in [6.45, 7) is 4.75. The Labute approximate surface area is 229 Å². The Kier molecular flexibility index (Phi) is 8.78. The van der Waals surface area contributed by atoms with Crippen molar-refractivity contribution < 1.29 is 23.2 Å². The van der Waals surface area contributed by atoms with Gasteiger partial charge in [0.25, 0.3) is 0 Å². The number of benzene rings is 2. The van der Waals surface area contributed by atoms with E-state index >= 15 is 0 Å². The zero-order chi connectivity index (χ0) is 27.3. The number of urea groups is 1. The van der Waals surface area contributed by atoms with E-state index in [1.807, 2.05) is 13.0 Å². The number of hydrogen-bond donors (Lipinski definition) is 2. The lowest BCUT2D eigenvalue weighted by atomic mass is 10.1. The number of anilines is 2. The Morgan fingerprint density at radius 2 is 1.84 bits per heavy atom. The van der Waals surface area contributed by atoms with Gasteiger partial charge in [-0.2, -0.15) is 4.48 Å². The quantitative estimate of drug-likeness (QED) is 0.319. The zero-order valence-electron chi connectivity index (χ0n) is 20.8. The van der Waals surface area contributed by atoms with Crippen LogP contribution in [0.1, 0.15) is 22.8 Å². The van der Waals surface area contributed by atoms with E-state index in [-0.39, 0.29) is 41.3 Å². The van der Waals surface area contributed by atoms with Crippen molar-refractivity contribution in [1.82, 2.24) is 15.1 Å². The topological polar surface area (TPSA) is 110 Å². The Morgan fingerprint density at radius 1 is 1.13 bits per heavy atom. The number of halogens is 3. The lowest BCUT2D eigenvalue weighted by molar-refractivity contribution is -0.771. The molecular weight excluding hydrogens is 534 g/mol. The fourth-order valence-electron chi connectivity index (χ4n) is 4.33. The molecule has 1 fully saturated rings.